The van der Waals surface area contributed by atoms with Gasteiger partial charge in [-0.15, -0.1) is 0 Å². The minimum Gasteiger partial charge on any atom is -0.493 e. The van der Waals surface area contributed by atoms with E-state index in [0.717, 1.165) is 28.5 Å². The molecule has 4 aliphatic carbocycles. The minimum absolute atomic E-state index is 0.178. The summed E-state index contributed by atoms with van der Waals surface area (Å²) in [6, 6.07) is 10.8. The first-order valence-corrected chi connectivity index (χ1v) is 13.9. The maximum absolute atomic E-state index is 12.8. The molecule has 0 unspecified atom stereocenters. The minimum atomic E-state index is -0.761. The molecule has 3 aromatic rings. The summed E-state index contributed by atoms with van der Waals surface area (Å²) in [5, 5.41) is 15.8. The Bertz CT molecular complexity index is 1510. The molecule has 2 aromatic carbocycles. The number of halogens is 3. The molecule has 4 bridgehead atoms. The van der Waals surface area contributed by atoms with Crippen LogP contribution in [0.2, 0.25) is 10.0 Å². The van der Waals surface area contributed by atoms with E-state index in [-0.39, 0.29) is 11.0 Å². The highest BCUT2D eigenvalue weighted by atomic mass is 79.9. The van der Waals surface area contributed by atoms with Crippen LogP contribution in [-0.2, 0) is 5.41 Å². The summed E-state index contributed by atoms with van der Waals surface area (Å²) < 4.78 is 1.75. The molecule has 4 fully saturated rings. The predicted octanol–water partition coefficient (Wildman–Crippen LogP) is 6.21. The molecular weight excluding hydrogens is 579 g/mol. The molecule has 7 nitrogen and oxygen atoms in total. The van der Waals surface area contributed by atoms with Crippen LogP contribution in [0.5, 0.6) is 5.88 Å². The Morgan fingerprint density at radius 1 is 1.05 bits per heavy atom. The van der Waals surface area contributed by atoms with Crippen LogP contribution in [0.25, 0.3) is 5.69 Å². The summed E-state index contributed by atoms with van der Waals surface area (Å²) in [5.74, 6) is 1.92. The Balaban J connectivity index is 1.33. The van der Waals surface area contributed by atoms with E-state index in [1.165, 1.54) is 44.1 Å². The number of hydrazone groups is 1. The number of H-pyrrole nitrogens is 1. The first-order chi connectivity index (χ1) is 17.7. The van der Waals surface area contributed by atoms with Crippen molar-refractivity contribution in [3.8, 4) is 11.6 Å². The highest BCUT2D eigenvalue weighted by Gasteiger charge is 2.51. The van der Waals surface area contributed by atoms with Crippen molar-refractivity contribution in [3.05, 3.63) is 82.9 Å². The van der Waals surface area contributed by atoms with E-state index in [1.807, 2.05) is 6.07 Å². The highest BCUT2D eigenvalue weighted by molar-refractivity contribution is 9.10. The molecule has 0 saturated heterocycles. The van der Waals surface area contributed by atoms with Crippen LogP contribution < -0.4 is 16.7 Å². The Morgan fingerprint density at radius 3 is 2.38 bits per heavy atom. The molecule has 0 radical (unpaired) electrons. The van der Waals surface area contributed by atoms with E-state index in [0.29, 0.717) is 25.9 Å². The molecule has 4 aliphatic rings. The molecule has 1 aromatic heterocycles. The number of aromatic amines is 1. The van der Waals surface area contributed by atoms with Gasteiger partial charge in [-0.05, 0) is 114 Å². The zero-order chi connectivity index (χ0) is 25.9. The van der Waals surface area contributed by atoms with Crippen molar-refractivity contribution in [2.45, 2.75) is 43.9 Å². The average Bonchev–Trinajstić information content (AvgIpc) is 2.83. The largest absolute Gasteiger partial charge is 0.493 e. The van der Waals surface area contributed by atoms with Gasteiger partial charge in [-0.3, -0.25) is 15.2 Å². The number of aromatic hydroxyl groups is 1. The van der Waals surface area contributed by atoms with E-state index in [4.69, 9.17) is 23.2 Å². The standard InChI is InChI=1S/C27H25BrCl2N4O3/c28-20-8-17(27-10-14-5-15(11-27)7-16(6-14)12-27)1-4-23(20)34-25(36)19(24(35)32-26(34)37)13-31-33-22-9-18(29)2-3-21(22)30/h1-4,8-9,13-16,33,36H,5-7,10-12H2,(H,32,35,37). The van der Waals surface area contributed by atoms with Gasteiger partial charge in [-0.1, -0.05) is 29.3 Å². The first kappa shape index (κ1) is 24.8. The fourth-order valence-corrected chi connectivity index (χ4v) is 8.00. The lowest BCUT2D eigenvalue weighted by molar-refractivity contribution is -0.00521. The molecule has 3 N–H and O–H groups in total. The molecule has 0 spiro atoms. The van der Waals surface area contributed by atoms with Crippen molar-refractivity contribution in [2.24, 2.45) is 22.9 Å². The summed E-state index contributed by atoms with van der Waals surface area (Å²) >= 11 is 15.8. The fraction of sp³-hybridized carbons (Fsp3) is 0.370. The number of anilines is 1. The van der Waals surface area contributed by atoms with Gasteiger partial charge in [0.15, 0.2) is 0 Å². The summed E-state index contributed by atoms with van der Waals surface area (Å²) in [6.45, 7) is 0. The van der Waals surface area contributed by atoms with Gasteiger partial charge in [0.1, 0.15) is 5.56 Å². The van der Waals surface area contributed by atoms with Gasteiger partial charge in [0.25, 0.3) is 5.56 Å². The van der Waals surface area contributed by atoms with E-state index in [1.54, 1.807) is 18.2 Å². The quantitative estimate of drug-likeness (QED) is 0.238. The monoisotopic (exact) mass is 602 g/mol. The van der Waals surface area contributed by atoms with Crippen molar-refractivity contribution >= 4 is 51.0 Å². The lowest BCUT2D eigenvalue weighted by Gasteiger charge is -2.57. The van der Waals surface area contributed by atoms with Crippen LogP contribution in [0.15, 0.2) is 55.6 Å². The second-order valence-corrected chi connectivity index (χ2v) is 12.4. The maximum atomic E-state index is 12.8. The molecule has 0 amide bonds. The smallest absolute Gasteiger partial charge is 0.335 e. The number of nitrogens with one attached hydrogen (secondary N) is 2. The zero-order valence-electron chi connectivity index (χ0n) is 19.8. The van der Waals surface area contributed by atoms with E-state index in [9.17, 15) is 14.7 Å². The topological polar surface area (TPSA) is 99.5 Å². The normalized spacial score (nSPS) is 26.2. The second-order valence-electron chi connectivity index (χ2n) is 10.7. The lowest BCUT2D eigenvalue weighted by Crippen LogP contribution is -2.48. The van der Waals surface area contributed by atoms with Crippen LogP contribution >= 0.6 is 39.1 Å². The fourth-order valence-electron chi connectivity index (χ4n) is 7.11. The molecule has 10 heteroatoms. The van der Waals surface area contributed by atoms with E-state index >= 15 is 0 Å². The molecule has 37 heavy (non-hydrogen) atoms. The molecule has 4 saturated carbocycles. The third-order valence-electron chi connectivity index (χ3n) is 8.27. The molecule has 0 aliphatic heterocycles. The van der Waals surface area contributed by atoms with Crippen LogP contribution in [0, 0.1) is 17.8 Å². The molecule has 192 valence electrons. The maximum Gasteiger partial charge on any atom is 0.335 e. The zero-order valence-corrected chi connectivity index (χ0v) is 22.9. The van der Waals surface area contributed by atoms with Crippen LogP contribution in [0.3, 0.4) is 0 Å². The molecule has 7 rings (SSSR count). The van der Waals surface area contributed by atoms with E-state index < -0.39 is 17.1 Å². The van der Waals surface area contributed by atoms with Gasteiger partial charge in [0.05, 0.1) is 22.6 Å². The van der Waals surface area contributed by atoms with Gasteiger partial charge in [0.2, 0.25) is 5.88 Å². The summed E-state index contributed by atoms with van der Waals surface area (Å²) in [4.78, 5) is 27.6. The Morgan fingerprint density at radius 2 is 1.73 bits per heavy atom. The highest BCUT2D eigenvalue weighted by Crippen LogP contribution is 2.61. The summed E-state index contributed by atoms with van der Waals surface area (Å²) in [6.07, 6.45) is 8.89. The SMILES string of the molecule is O=c1[nH]c(=O)n(-c2ccc(C34CC5CC(CC(C5)C3)C4)cc2Br)c(O)c1C=NNc1cc(Cl)ccc1Cl. The number of benzene rings is 2. The number of hydrogen-bond donors (Lipinski definition) is 3. The Labute approximate surface area is 231 Å². The summed E-state index contributed by atoms with van der Waals surface area (Å²) in [7, 11) is 0. The lowest BCUT2D eigenvalue weighted by atomic mass is 9.48. The molecule has 0 atom stereocenters. The van der Waals surface area contributed by atoms with Crippen molar-refractivity contribution in [1.82, 2.24) is 9.55 Å². The van der Waals surface area contributed by atoms with Crippen molar-refractivity contribution in [1.29, 1.82) is 0 Å². The number of aromatic nitrogens is 2. The van der Waals surface area contributed by atoms with Gasteiger partial charge in [-0.2, -0.15) is 5.10 Å². The van der Waals surface area contributed by atoms with Crippen molar-refractivity contribution < 1.29 is 5.11 Å². The predicted molar refractivity (Wildman–Crippen MR) is 150 cm³/mol. The van der Waals surface area contributed by atoms with Crippen molar-refractivity contribution in [2.75, 3.05) is 5.43 Å². The van der Waals surface area contributed by atoms with Crippen molar-refractivity contribution in [3.63, 3.8) is 0 Å². The van der Waals surface area contributed by atoms with Gasteiger partial charge in [0, 0.05) is 9.50 Å². The second kappa shape index (κ2) is 9.33. The van der Waals surface area contributed by atoms with Gasteiger partial charge >= 0.3 is 5.69 Å². The first-order valence-electron chi connectivity index (χ1n) is 12.4. The number of hydrogen-bond acceptors (Lipinski definition) is 5. The van der Waals surface area contributed by atoms with Crippen LogP contribution in [-0.4, -0.2) is 20.9 Å². The Kier molecular flexibility index (Phi) is 6.24. The summed E-state index contributed by atoms with van der Waals surface area (Å²) in [5.41, 5.74) is 3.36. The average molecular weight is 604 g/mol. The van der Waals surface area contributed by atoms with Crippen LogP contribution in [0.1, 0.15) is 49.7 Å². The Hall–Kier alpha value is -2.55. The third-order valence-corrected chi connectivity index (χ3v) is 9.47. The van der Waals surface area contributed by atoms with Crippen LogP contribution in [0.4, 0.5) is 5.69 Å². The molecule has 1 heterocycles. The van der Waals surface area contributed by atoms with Gasteiger partial charge < -0.3 is 5.11 Å². The molecular formula is C27H25BrCl2N4O3. The number of nitrogens with zero attached hydrogens (tertiary/aromatic N) is 2. The van der Waals surface area contributed by atoms with Gasteiger partial charge in [-0.25, -0.2) is 9.36 Å². The number of rotatable bonds is 5. The third kappa shape index (κ3) is 4.43. The van der Waals surface area contributed by atoms with E-state index in [2.05, 4.69) is 43.6 Å².